The SMILES string of the molecule is O=C(O)C1=CSN=C(C(=O)O)C=C1. The highest BCUT2D eigenvalue weighted by Gasteiger charge is 2.10. The van der Waals surface area contributed by atoms with Crippen molar-refractivity contribution in [1.82, 2.24) is 0 Å². The fourth-order valence-corrected chi connectivity index (χ4v) is 1.21. The molecule has 0 aromatic heterocycles. The zero-order chi connectivity index (χ0) is 9.84. The van der Waals surface area contributed by atoms with E-state index in [4.69, 9.17) is 10.2 Å². The third-order valence-electron chi connectivity index (χ3n) is 1.22. The van der Waals surface area contributed by atoms with E-state index >= 15 is 0 Å². The van der Waals surface area contributed by atoms with Crippen LogP contribution in [0.1, 0.15) is 0 Å². The molecule has 0 aromatic rings. The Labute approximate surface area is 77.6 Å². The average molecular weight is 199 g/mol. The summed E-state index contributed by atoms with van der Waals surface area (Å²) in [6.07, 6.45) is 2.36. The van der Waals surface area contributed by atoms with Crippen LogP contribution in [0.4, 0.5) is 0 Å². The molecule has 0 unspecified atom stereocenters. The molecule has 6 heteroatoms. The van der Waals surface area contributed by atoms with Crippen LogP contribution in [0, 0.1) is 0 Å². The van der Waals surface area contributed by atoms with Gasteiger partial charge in [0.1, 0.15) is 0 Å². The molecule has 0 saturated heterocycles. The van der Waals surface area contributed by atoms with Crippen LogP contribution in [0.25, 0.3) is 0 Å². The lowest BCUT2D eigenvalue weighted by molar-refractivity contribution is -0.132. The summed E-state index contributed by atoms with van der Waals surface area (Å²) in [4.78, 5) is 20.9. The van der Waals surface area contributed by atoms with Gasteiger partial charge >= 0.3 is 11.9 Å². The first kappa shape index (κ1) is 9.53. The quantitative estimate of drug-likeness (QED) is 0.639. The molecule has 0 bridgehead atoms. The molecule has 0 atom stereocenters. The number of carboxylic acid groups (broad SMARTS) is 2. The van der Waals surface area contributed by atoms with Gasteiger partial charge in [-0.1, -0.05) is 0 Å². The Morgan fingerprint density at radius 1 is 1.23 bits per heavy atom. The summed E-state index contributed by atoms with van der Waals surface area (Å²) in [6.45, 7) is 0. The van der Waals surface area contributed by atoms with Crippen LogP contribution in [-0.2, 0) is 9.59 Å². The van der Waals surface area contributed by atoms with E-state index in [0.717, 1.165) is 18.0 Å². The number of nitrogens with zero attached hydrogens (tertiary/aromatic N) is 1. The molecule has 5 nitrogen and oxygen atoms in total. The first-order valence-electron chi connectivity index (χ1n) is 3.20. The predicted octanol–water partition coefficient (Wildman–Crippen LogP) is 0.699. The molecule has 13 heavy (non-hydrogen) atoms. The van der Waals surface area contributed by atoms with E-state index in [1.165, 1.54) is 11.5 Å². The Morgan fingerprint density at radius 2 is 1.92 bits per heavy atom. The highest BCUT2D eigenvalue weighted by atomic mass is 32.2. The molecule has 1 rings (SSSR count). The van der Waals surface area contributed by atoms with Crippen LogP contribution in [0.15, 0.2) is 27.5 Å². The number of rotatable bonds is 2. The van der Waals surface area contributed by atoms with E-state index in [-0.39, 0.29) is 11.3 Å². The lowest BCUT2D eigenvalue weighted by Crippen LogP contribution is -2.08. The second kappa shape index (κ2) is 3.90. The maximum Gasteiger partial charge on any atom is 0.355 e. The first-order valence-corrected chi connectivity index (χ1v) is 4.03. The van der Waals surface area contributed by atoms with Crippen molar-refractivity contribution in [2.45, 2.75) is 0 Å². The maximum atomic E-state index is 10.5. The van der Waals surface area contributed by atoms with Gasteiger partial charge in [-0.05, 0) is 12.2 Å². The lowest BCUT2D eigenvalue weighted by atomic mass is 10.2. The van der Waals surface area contributed by atoms with Crippen LogP contribution < -0.4 is 0 Å². The van der Waals surface area contributed by atoms with Crippen LogP contribution in [0.5, 0.6) is 0 Å². The van der Waals surface area contributed by atoms with Crippen molar-refractivity contribution in [3.05, 3.63) is 23.1 Å². The summed E-state index contributed by atoms with van der Waals surface area (Å²) in [5, 5.41) is 18.4. The minimum atomic E-state index is -1.18. The minimum absolute atomic E-state index is 0.0185. The molecule has 2 N–H and O–H groups in total. The molecule has 68 valence electrons. The monoisotopic (exact) mass is 199 g/mol. The molecule has 0 saturated carbocycles. The summed E-state index contributed by atoms with van der Waals surface area (Å²) in [5.74, 6) is -2.28. The number of hydrogen-bond acceptors (Lipinski definition) is 4. The van der Waals surface area contributed by atoms with Crippen molar-refractivity contribution in [1.29, 1.82) is 0 Å². The predicted molar refractivity (Wildman–Crippen MR) is 47.5 cm³/mol. The number of carbonyl (C=O) groups is 2. The summed E-state index contributed by atoms with van der Waals surface area (Å²) < 4.78 is 3.56. The Balaban J connectivity index is 2.86. The molecule has 0 aliphatic carbocycles. The average Bonchev–Trinajstić information content (AvgIpc) is 2.27. The Hall–Kier alpha value is -1.56. The zero-order valence-corrected chi connectivity index (χ0v) is 7.11. The highest BCUT2D eigenvalue weighted by molar-refractivity contribution is 8.01. The Bertz CT molecular complexity index is 310. The molecule has 0 radical (unpaired) electrons. The van der Waals surface area contributed by atoms with Gasteiger partial charge in [-0.3, -0.25) is 0 Å². The maximum absolute atomic E-state index is 10.5. The molecule has 0 spiro atoms. The van der Waals surface area contributed by atoms with Gasteiger partial charge in [0.05, 0.1) is 5.57 Å². The zero-order valence-electron chi connectivity index (χ0n) is 6.30. The van der Waals surface area contributed by atoms with Crippen LogP contribution in [0.3, 0.4) is 0 Å². The van der Waals surface area contributed by atoms with E-state index in [2.05, 4.69) is 4.40 Å². The van der Waals surface area contributed by atoms with E-state index < -0.39 is 11.9 Å². The molecule has 1 heterocycles. The van der Waals surface area contributed by atoms with Gasteiger partial charge in [0.25, 0.3) is 0 Å². The molecule has 0 fully saturated rings. The summed E-state index contributed by atoms with van der Waals surface area (Å²) in [6, 6.07) is 0. The van der Waals surface area contributed by atoms with Crippen molar-refractivity contribution in [2.75, 3.05) is 0 Å². The van der Waals surface area contributed by atoms with Gasteiger partial charge in [0.15, 0.2) is 5.71 Å². The molecular weight excluding hydrogens is 194 g/mol. The summed E-state index contributed by atoms with van der Waals surface area (Å²) in [5.41, 5.74) is -0.150. The summed E-state index contributed by atoms with van der Waals surface area (Å²) in [7, 11) is 0. The fraction of sp³-hybridized carbons (Fsp3) is 0. The highest BCUT2D eigenvalue weighted by Crippen LogP contribution is 2.14. The van der Waals surface area contributed by atoms with Crippen molar-refractivity contribution in [3.8, 4) is 0 Å². The van der Waals surface area contributed by atoms with E-state index in [9.17, 15) is 9.59 Å². The van der Waals surface area contributed by atoms with Gasteiger partial charge in [0, 0.05) is 17.4 Å². The van der Waals surface area contributed by atoms with Gasteiger partial charge < -0.3 is 10.2 Å². The van der Waals surface area contributed by atoms with Crippen LogP contribution in [0.2, 0.25) is 0 Å². The smallest absolute Gasteiger partial charge is 0.355 e. The number of hydrogen-bond donors (Lipinski definition) is 2. The molecule has 1 aliphatic rings. The standard InChI is InChI=1S/C7H5NO4S/c9-6(10)4-1-2-5(7(11)12)8-13-3-4/h1-3H,(H,9,10)(H,11,12). The van der Waals surface area contributed by atoms with Gasteiger partial charge in [-0.2, -0.15) is 0 Å². The largest absolute Gasteiger partial charge is 0.478 e. The lowest BCUT2D eigenvalue weighted by Gasteiger charge is -1.88. The van der Waals surface area contributed by atoms with Gasteiger partial charge in [-0.25, -0.2) is 14.0 Å². The van der Waals surface area contributed by atoms with Crippen molar-refractivity contribution < 1.29 is 19.8 Å². The Kier molecular flexibility index (Phi) is 2.86. The topological polar surface area (TPSA) is 87.0 Å². The van der Waals surface area contributed by atoms with Gasteiger partial charge in [-0.15, -0.1) is 0 Å². The first-order chi connectivity index (χ1) is 6.11. The number of aliphatic carboxylic acids is 2. The summed E-state index contributed by atoms with van der Waals surface area (Å²) >= 11 is 0.790. The van der Waals surface area contributed by atoms with E-state index in [1.807, 2.05) is 0 Å². The number of carboxylic acids is 2. The van der Waals surface area contributed by atoms with Crippen LogP contribution >= 0.6 is 11.9 Å². The molecule has 0 amide bonds. The van der Waals surface area contributed by atoms with Crippen molar-refractivity contribution >= 4 is 29.6 Å². The normalized spacial score (nSPS) is 15.7. The second-order valence-corrected chi connectivity index (χ2v) is 2.73. The third-order valence-corrected chi connectivity index (χ3v) is 1.88. The Morgan fingerprint density at radius 3 is 2.46 bits per heavy atom. The molecular formula is C7H5NO4S. The van der Waals surface area contributed by atoms with E-state index in [1.54, 1.807) is 0 Å². The second-order valence-electron chi connectivity index (χ2n) is 2.10. The molecule has 1 aliphatic heterocycles. The van der Waals surface area contributed by atoms with Gasteiger partial charge in [0.2, 0.25) is 0 Å². The van der Waals surface area contributed by atoms with Crippen molar-refractivity contribution in [2.24, 2.45) is 4.40 Å². The van der Waals surface area contributed by atoms with Crippen molar-refractivity contribution in [3.63, 3.8) is 0 Å². The minimum Gasteiger partial charge on any atom is -0.478 e. The van der Waals surface area contributed by atoms with E-state index in [0.29, 0.717) is 0 Å². The fourth-order valence-electron chi connectivity index (χ4n) is 0.610. The molecule has 0 aromatic carbocycles. The third kappa shape index (κ3) is 2.45. The van der Waals surface area contributed by atoms with Crippen LogP contribution in [-0.4, -0.2) is 27.9 Å².